The van der Waals surface area contributed by atoms with Crippen molar-refractivity contribution in [2.45, 2.75) is 40.7 Å². The van der Waals surface area contributed by atoms with Gasteiger partial charge < -0.3 is 15.0 Å². The van der Waals surface area contributed by atoms with Crippen molar-refractivity contribution in [2.24, 2.45) is 10.9 Å². The van der Waals surface area contributed by atoms with Gasteiger partial charge in [-0.1, -0.05) is 13.8 Å². The van der Waals surface area contributed by atoms with E-state index in [1.165, 1.54) is 12.4 Å². The molecule has 0 aliphatic carbocycles. The molecule has 1 aliphatic heterocycles. The maximum absolute atomic E-state index is 15.3. The molecule has 1 unspecified atom stereocenters. The highest BCUT2D eigenvalue weighted by Gasteiger charge is 2.25. The first kappa shape index (κ1) is 23.7. The minimum Gasteiger partial charge on any atom is -0.377 e. The van der Waals surface area contributed by atoms with Crippen LogP contribution in [0.1, 0.15) is 45.9 Å². The van der Waals surface area contributed by atoms with E-state index in [2.05, 4.69) is 35.6 Å². The van der Waals surface area contributed by atoms with Crippen LogP contribution in [-0.2, 0) is 4.74 Å². The molecule has 0 aromatic carbocycles. The van der Waals surface area contributed by atoms with Crippen LogP contribution in [0.4, 0.5) is 10.2 Å². The van der Waals surface area contributed by atoms with Crippen molar-refractivity contribution in [1.29, 1.82) is 5.41 Å². The Labute approximate surface area is 189 Å². The van der Waals surface area contributed by atoms with E-state index in [9.17, 15) is 0 Å². The van der Waals surface area contributed by atoms with Gasteiger partial charge in [0.15, 0.2) is 5.82 Å². The van der Waals surface area contributed by atoms with Crippen molar-refractivity contribution in [3.05, 3.63) is 41.0 Å². The molecule has 1 fully saturated rings. The number of hydrogen-bond donors (Lipinski definition) is 1. The summed E-state index contributed by atoms with van der Waals surface area (Å²) >= 11 is 0. The zero-order valence-corrected chi connectivity index (χ0v) is 19.7. The van der Waals surface area contributed by atoms with Crippen LogP contribution in [-0.4, -0.2) is 55.2 Å². The molecule has 0 bridgehead atoms. The lowest BCUT2D eigenvalue weighted by Gasteiger charge is -2.35. The Morgan fingerprint density at radius 1 is 1.38 bits per heavy atom. The predicted molar refractivity (Wildman–Crippen MR) is 131 cm³/mol. The van der Waals surface area contributed by atoms with Crippen LogP contribution in [0.15, 0.2) is 28.9 Å². The Morgan fingerprint density at radius 2 is 2.12 bits per heavy atom. The molecule has 2 aromatic heterocycles. The van der Waals surface area contributed by atoms with Gasteiger partial charge in [0.05, 0.1) is 31.1 Å². The highest BCUT2D eigenvalue weighted by molar-refractivity contribution is 6.02. The monoisotopic (exact) mass is 437 g/mol. The van der Waals surface area contributed by atoms with Gasteiger partial charge in [0, 0.05) is 31.4 Å². The zero-order valence-electron chi connectivity index (χ0n) is 19.7. The van der Waals surface area contributed by atoms with E-state index in [0.717, 1.165) is 28.1 Å². The smallest absolute Gasteiger partial charge is 0.151 e. The first-order chi connectivity index (χ1) is 15.3. The lowest BCUT2D eigenvalue weighted by molar-refractivity contribution is 0.0985. The van der Waals surface area contributed by atoms with Gasteiger partial charge >= 0.3 is 0 Å². The summed E-state index contributed by atoms with van der Waals surface area (Å²) in [6.45, 7) is 12.0. The molecule has 6 nitrogen and oxygen atoms in total. The van der Waals surface area contributed by atoms with Gasteiger partial charge in [0.1, 0.15) is 11.3 Å². The van der Waals surface area contributed by atoms with E-state index in [-0.39, 0.29) is 12.0 Å². The van der Waals surface area contributed by atoms with Gasteiger partial charge in [-0.15, -0.1) is 0 Å². The number of pyridine rings is 2. The third-order valence-electron chi connectivity index (χ3n) is 5.95. The van der Waals surface area contributed by atoms with Crippen LogP contribution in [0, 0.1) is 17.1 Å². The van der Waals surface area contributed by atoms with Crippen molar-refractivity contribution in [2.75, 3.05) is 31.7 Å². The van der Waals surface area contributed by atoms with Crippen LogP contribution in [0.3, 0.4) is 0 Å². The molecule has 2 aromatic rings. The Balaban J connectivity index is 2.42. The first-order valence-electron chi connectivity index (χ1n) is 10.9. The minimum absolute atomic E-state index is 0.144. The Morgan fingerprint density at radius 3 is 2.75 bits per heavy atom. The van der Waals surface area contributed by atoms with Crippen molar-refractivity contribution in [3.8, 4) is 0 Å². The molecule has 0 amide bonds. The number of rotatable bonds is 6. The lowest BCUT2D eigenvalue weighted by Crippen LogP contribution is -2.44. The van der Waals surface area contributed by atoms with E-state index in [0.29, 0.717) is 36.4 Å². The average Bonchev–Trinajstić information content (AvgIpc) is 2.79. The Kier molecular flexibility index (Phi) is 7.51. The molecule has 0 saturated carbocycles. The van der Waals surface area contributed by atoms with E-state index in [4.69, 9.17) is 15.1 Å². The second-order valence-electron chi connectivity index (χ2n) is 8.46. The van der Waals surface area contributed by atoms with Crippen LogP contribution < -0.4 is 4.90 Å². The highest BCUT2D eigenvalue weighted by Crippen LogP contribution is 2.36. The molecule has 1 saturated heterocycles. The standard InChI is InChI=1S/C25H32FN5O/c1-15(2)19(7-8-28-6)24-25-23(21(26)13-29-24)20(18(5)16(3)12-27)11-22(30-25)31-9-10-32-14-17(31)4/h7-8,11-13,15,17,27H,9-10,14H2,1-6H3/b18-16+,19-7+,27-12?,28-8-. The van der Waals surface area contributed by atoms with Gasteiger partial charge in [0.2, 0.25) is 0 Å². The number of aliphatic imine (C=N–C) groups is 1. The number of allylic oxidation sites excluding steroid dienone is 4. The molecule has 3 heterocycles. The number of anilines is 1. The fourth-order valence-corrected chi connectivity index (χ4v) is 3.93. The summed E-state index contributed by atoms with van der Waals surface area (Å²) in [4.78, 5) is 15.7. The molecule has 1 N–H and O–H groups in total. The largest absolute Gasteiger partial charge is 0.377 e. The maximum atomic E-state index is 15.3. The topological polar surface area (TPSA) is 74.5 Å². The molecule has 0 spiro atoms. The summed E-state index contributed by atoms with van der Waals surface area (Å²) in [7, 11) is 1.72. The zero-order chi connectivity index (χ0) is 23.4. The van der Waals surface area contributed by atoms with E-state index in [1.54, 1.807) is 13.3 Å². The molecule has 7 heteroatoms. The summed E-state index contributed by atoms with van der Waals surface area (Å²) in [6.07, 6.45) is 6.22. The molecule has 170 valence electrons. The Bertz CT molecular complexity index is 1100. The third-order valence-corrected chi connectivity index (χ3v) is 5.95. The molecule has 3 rings (SSSR count). The molecule has 1 aliphatic rings. The summed E-state index contributed by atoms with van der Waals surface area (Å²) in [5.41, 5.74) is 4.47. The SMILES string of the molecule is C/N=C\C=C(\c1ncc(F)c2c(/C(C)=C(\C)C=N)cc(N3CCOCC3C)nc12)C(C)C. The summed E-state index contributed by atoms with van der Waals surface area (Å²) in [5, 5.41) is 8.15. The average molecular weight is 438 g/mol. The molecular formula is C25H32FN5O. The number of halogens is 1. The van der Waals surface area contributed by atoms with Gasteiger partial charge in [0.25, 0.3) is 0 Å². The van der Waals surface area contributed by atoms with Crippen molar-refractivity contribution >= 4 is 40.3 Å². The summed E-state index contributed by atoms with van der Waals surface area (Å²) < 4.78 is 20.9. The minimum atomic E-state index is -0.419. The fourth-order valence-electron chi connectivity index (χ4n) is 3.93. The second kappa shape index (κ2) is 10.1. The van der Waals surface area contributed by atoms with Gasteiger partial charge in [-0.05, 0) is 61.1 Å². The van der Waals surface area contributed by atoms with E-state index < -0.39 is 5.82 Å². The van der Waals surface area contributed by atoms with Crippen molar-refractivity contribution in [1.82, 2.24) is 9.97 Å². The number of nitrogens with one attached hydrogen (secondary N) is 1. The number of morpholine rings is 1. The van der Waals surface area contributed by atoms with Crippen LogP contribution >= 0.6 is 0 Å². The fraction of sp³-hybridized carbons (Fsp3) is 0.440. The van der Waals surface area contributed by atoms with Crippen molar-refractivity contribution < 1.29 is 9.13 Å². The van der Waals surface area contributed by atoms with Crippen LogP contribution in [0.25, 0.3) is 22.0 Å². The highest BCUT2D eigenvalue weighted by atomic mass is 19.1. The Hall–Kier alpha value is -2.93. The van der Waals surface area contributed by atoms with E-state index in [1.807, 2.05) is 26.0 Å². The molecule has 32 heavy (non-hydrogen) atoms. The predicted octanol–water partition coefficient (Wildman–Crippen LogP) is 5.18. The van der Waals surface area contributed by atoms with Gasteiger partial charge in [-0.25, -0.2) is 9.37 Å². The molecular weight excluding hydrogens is 405 g/mol. The van der Waals surface area contributed by atoms with Crippen LogP contribution in [0.5, 0.6) is 0 Å². The van der Waals surface area contributed by atoms with E-state index >= 15 is 4.39 Å². The normalized spacial score (nSPS) is 18.6. The first-order valence-corrected chi connectivity index (χ1v) is 10.9. The quantitative estimate of drug-likeness (QED) is 0.632. The number of aromatic nitrogens is 2. The molecule has 1 atom stereocenters. The number of fused-ring (bicyclic) bond motifs is 1. The number of hydrogen-bond acceptors (Lipinski definition) is 6. The number of ether oxygens (including phenoxy) is 1. The number of nitrogens with zero attached hydrogens (tertiary/aromatic N) is 4. The molecule has 0 radical (unpaired) electrons. The third kappa shape index (κ3) is 4.63. The maximum Gasteiger partial charge on any atom is 0.151 e. The van der Waals surface area contributed by atoms with Gasteiger partial charge in [-0.2, -0.15) is 0 Å². The lowest BCUT2D eigenvalue weighted by atomic mass is 9.93. The summed E-state index contributed by atoms with van der Waals surface area (Å²) in [5.74, 6) is 0.490. The van der Waals surface area contributed by atoms with Gasteiger partial charge in [-0.3, -0.25) is 9.98 Å². The van der Waals surface area contributed by atoms with Crippen molar-refractivity contribution in [3.63, 3.8) is 0 Å². The summed E-state index contributed by atoms with van der Waals surface area (Å²) in [6, 6.07) is 2.08. The second-order valence-corrected chi connectivity index (χ2v) is 8.46. The van der Waals surface area contributed by atoms with Crippen LogP contribution in [0.2, 0.25) is 0 Å².